The molecule has 2 aromatic carbocycles. The summed E-state index contributed by atoms with van der Waals surface area (Å²) in [6, 6.07) is 13.8. The van der Waals surface area contributed by atoms with Crippen molar-refractivity contribution < 1.29 is 15.2 Å². The lowest BCUT2D eigenvalue weighted by Crippen LogP contribution is -2.99. The van der Waals surface area contributed by atoms with E-state index in [1.165, 1.54) is 22.8 Å². The Labute approximate surface area is 147 Å². The van der Waals surface area contributed by atoms with Gasteiger partial charge in [0.1, 0.15) is 0 Å². The molecule has 0 fully saturated rings. The van der Waals surface area contributed by atoms with E-state index in [9.17, 15) is 10.0 Å². The van der Waals surface area contributed by atoms with Crippen molar-refractivity contribution in [3.8, 4) is 0 Å². The highest BCUT2D eigenvalue weighted by atomic mass is 35.5. The van der Waals surface area contributed by atoms with Crippen LogP contribution in [0.1, 0.15) is 11.1 Å². The van der Waals surface area contributed by atoms with Crippen LogP contribution in [0.2, 0.25) is 5.02 Å². The quantitative estimate of drug-likeness (QED) is 0.818. The van der Waals surface area contributed by atoms with Gasteiger partial charge in [-0.25, -0.2) is 10.2 Å². The zero-order valence-corrected chi connectivity index (χ0v) is 14.0. The molecule has 1 heterocycles. The highest BCUT2D eigenvalue weighted by Gasteiger charge is 2.22. The summed E-state index contributed by atoms with van der Waals surface area (Å²) in [5.41, 5.74) is 2.59. The molecule has 1 unspecified atom stereocenters. The van der Waals surface area contributed by atoms with Gasteiger partial charge in [0.05, 0.1) is 12.3 Å². The van der Waals surface area contributed by atoms with Crippen molar-refractivity contribution in [3.05, 3.63) is 69.9 Å². The summed E-state index contributed by atoms with van der Waals surface area (Å²) in [5, 5.41) is 25.4. The Bertz CT molecular complexity index is 780. The van der Waals surface area contributed by atoms with E-state index in [0.717, 1.165) is 11.3 Å². The van der Waals surface area contributed by atoms with Crippen LogP contribution < -0.4 is 5.23 Å². The number of hydrogen-bond acceptors (Lipinski definition) is 5. The fraction of sp³-hybridized carbons (Fsp3) is 0.125. The average molecular weight is 364 g/mol. The predicted molar refractivity (Wildman–Crippen MR) is 93.6 cm³/mol. The molecule has 0 saturated heterocycles. The van der Waals surface area contributed by atoms with Crippen LogP contribution in [0.25, 0.3) is 0 Å². The van der Waals surface area contributed by atoms with E-state index in [0.29, 0.717) is 16.3 Å². The van der Waals surface area contributed by atoms with E-state index < -0.39 is 5.23 Å². The van der Waals surface area contributed by atoms with Crippen LogP contribution >= 0.6 is 23.4 Å². The standard InChI is InChI=1S/C16H14ClN3O3S/c17-13-6-4-12(5-7-13)15-10-24-16(21)19(18-15)9-11-2-1-3-14(8-11)20(22)23/h1-8,20,22H,9-10H2. The number of carbonyl (C=O) groups is 1. The molecule has 0 spiro atoms. The number of benzene rings is 2. The number of hydrogen-bond donors (Lipinski definition) is 2. The smallest absolute Gasteiger partial charge is 0.302 e. The lowest BCUT2D eigenvalue weighted by molar-refractivity contribution is -0.991. The molecule has 124 valence electrons. The second-order valence-electron chi connectivity index (χ2n) is 5.17. The molecule has 8 heteroatoms. The van der Waals surface area contributed by atoms with Crippen molar-refractivity contribution >= 4 is 40.0 Å². The second-order valence-corrected chi connectivity index (χ2v) is 6.53. The van der Waals surface area contributed by atoms with Gasteiger partial charge in [0, 0.05) is 22.9 Å². The van der Waals surface area contributed by atoms with Crippen molar-refractivity contribution in [2.75, 3.05) is 5.75 Å². The van der Waals surface area contributed by atoms with E-state index in [1.807, 2.05) is 12.1 Å². The number of quaternary nitrogens is 1. The first-order valence-electron chi connectivity index (χ1n) is 7.13. The van der Waals surface area contributed by atoms with Gasteiger partial charge in [-0.3, -0.25) is 4.79 Å². The maximum absolute atomic E-state index is 12.1. The molecule has 0 bridgehead atoms. The SMILES string of the molecule is O=C1SCC(c2ccc(Cl)cc2)=NN1Cc1cccc([NH+]([O-])O)c1. The molecule has 0 aliphatic carbocycles. The summed E-state index contributed by atoms with van der Waals surface area (Å²) < 4.78 is 0. The monoisotopic (exact) mass is 363 g/mol. The van der Waals surface area contributed by atoms with Gasteiger partial charge >= 0.3 is 5.24 Å². The number of carbonyl (C=O) groups excluding carboxylic acids is 1. The summed E-state index contributed by atoms with van der Waals surface area (Å²) in [6.07, 6.45) is 0. The minimum absolute atomic E-state index is 0.159. The summed E-state index contributed by atoms with van der Waals surface area (Å²) >= 11 is 7.06. The van der Waals surface area contributed by atoms with E-state index >= 15 is 0 Å². The molecule has 1 atom stereocenters. The van der Waals surface area contributed by atoms with E-state index in [1.54, 1.807) is 30.3 Å². The van der Waals surface area contributed by atoms with E-state index in [-0.39, 0.29) is 17.5 Å². The Morgan fingerprint density at radius 3 is 2.75 bits per heavy atom. The third-order valence-corrected chi connectivity index (χ3v) is 4.60. The molecular weight excluding hydrogens is 350 g/mol. The van der Waals surface area contributed by atoms with Gasteiger partial charge in [-0.05, 0) is 23.3 Å². The number of amides is 1. The van der Waals surface area contributed by atoms with Crippen molar-refractivity contribution in [1.82, 2.24) is 5.01 Å². The molecule has 1 aliphatic rings. The van der Waals surface area contributed by atoms with Crippen LogP contribution in [-0.4, -0.2) is 26.9 Å². The number of hydrazone groups is 1. The third-order valence-electron chi connectivity index (χ3n) is 3.47. The van der Waals surface area contributed by atoms with Gasteiger partial charge in [-0.1, -0.05) is 47.6 Å². The first kappa shape index (κ1) is 16.9. The lowest BCUT2D eigenvalue weighted by Gasteiger charge is -2.23. The van der Waals surface area contributed by atoms with Crippen LogP contribution in [0, 0.1) is 5.21 Å². The molecule has 1 amide bonds. The Balaban J connectivity index is 1.83. The molecule has 0 radical (unpaired) electrons. The Kier molecular flexibility index (Phi) is 5.17. The van der Waals surface area contributed by atoms with Crippen LogP contribution in [0.3, 0.4) is 0 Å². The van der Waals surface area contributed by atoms with Crippen LogP contribution in [0.5, 0.6) is 0 Å². The highest BCUT2D eigenvalue weighted by molar-refractivity contribution is 8.14. The normalized spacial score (nSPS) is 16.0. The minimum Gasteiger partial charge on any atom is -0.595 e. The Morgan fingerprint density at radius 2 is 2.04 bits per heavy atom. The molecule has 6 nitrogen and oxygen atoms in total. The fourth-order valence-electron chi connectivity index (χ4n) is 2.28. The maximum Gasteiger partial charge on any atom is 0.302 e. The van der Waals surface area contributed by atoms with Crippen molar-refractivity contribution in [2.24, 2.45) is 5.10 Å². The third kappa shape index (κ3) is 3.95. The highest BCUT2D eigenvalue weighted by Crippen LogP contribution is 2.23. The summed E-state index contributed by atoms with van der Waals surface area (Å²) in [4.78, 5) is 12.1. The Hall–Kier alpha value is -1.90. The van der Waals surface area contributed by atoms with Gasteiger partial charge in [0.25, 0.3) is 0 Å². The van der Waals surface area contributed by atoms with Gasteiger partial charge < -0.3 is 5.21 Å². The van der Waals surface area contributed by atoms with E-state index in [4.69, 9.17) is 16.8 Å². The number of nitrogens with one attached hydrogen (secondary N) is 1. The van der Waals surface area contributed by atoms with Crippen molar-refractivity contribution in [2.45, 2.75) is 6.54 Å². The maximum atomic E-state index is 12.1. The van der Waals surface area contributed by atoms with Crippen LogP contribution in [0.15, 0.2) is 53.6 Å². The van der Waals surface area contributed by atoms with Gasteiger partial charge in [-0.15, -0.1) is 0 Å². The molecular formula is C16H14ClN3O3S. The lowest BCUT2D eigenvalue weighted by atomic mass is 10.1. The zero-order chi connectivity index (χ0) is 17.1. The topological polar surface area (TPSA) is 80.4 Å². The first-order chi connectivity index (χ1) is 11.5. The van der Waals surface area contributed by atoms with Gasteiger partial charge in [-0.2, -0.15) is 10.3 Å². The van der Waals surface area contributed by atoms with Gasteiger partial charge in [0.15, 0.2) is 5.69 Å². The van der Waals surface area contributed by atoms with Gasteiger partial charge in [0.2, 0.25) is 0 Å². The molecule has 2 aromatic rings. The Morgan fingerprint density at radius 1 is 1.29 bits per heavy atom. The number of halogens is 1. The van der Waals surface area contributed by atoms with Crippen molar-refractivity contribution in [1.29, 1.82) is 0 Å². The number of rotatable bonds is 4. The second kappa shape index (κ2) is 7.33. The van der Waals surface area contributed by atoms with E-state index in [2.05, 4.69) is 5.10 Å². The largest absolute Gasteiger partial charge is 0.595 e. The van der Waals surface area contributed by atoms with Crippen molar-refractivity contribution in [3.63, 3.8) is 0 Å². The molecule has 0 aromatic heterocycles. The average Bonchev–Trinajstić information content (AvgIpc) is 2.58. The summed E-state index contributed by atoms with van der Waals surface area (Å²) in [6.45, 7) is 0.226. The molecule has 3 rings (SSSR count). The molecule has 24 heavy (non-hydrogen) atoms. The first-order valence-corrected chi connectivity index (χ1v) is 8.49. The summed E-state index contributed by atoms with van der Waals surface area (Å²) in [7, 11) is 0. The molecule has 0 saturated carbocycles. The predicted octanol–water partition coefficient (Wildman–Crippen LogP) is 2.82. The van der Waals surface area contributed by atoms with Crippen LogP contribution in [0.4, 0.5) is 10.5 Å². The zero-order valence-electron chi connectivity index (χ0n) is 12.5. The fourth-order valence-corrected chi connectivity index (χ4v) is 3.14. The van der Waals surface area contributed by atoms with Crippen LogP contribution in [-0.2, 0) is 6.54 Å². The minimum atomic E-state index is -0.999. The molecule has 1 aliphatic heterocycles. The number of thioether (sulfide) groups is 1. The molecule has 2 N–H and O–H groups in total. The summed E-state index contributed by atoms with van der Waals surface area (Å²) in [5.74, 6) is 0.492. The number of nitrogens with zero attached hydrogens (tertiary/aromatic N) is 2.